The van der Waals surface area contributed by atoms with E-state index >= 15 is 0 Å². The number of carbonyl (C=O) groups is 3. The number of unbranched alkanes of at least 4 members (excludes halogenated alkanes) is 3. The van der Waals surface area contributed by atoms with Gasteiger partial charge in [-0.3, -0.25) is 14.4 Å². The SMILES string of the molecule is CCCCN1CC=C[C@]23O[C@@H]4/C=C\CCCCOC(=O)[C@@H]4[C@H]2C(=O)N(CCCCCO)C3C1=O. The van der Waals surface area contributed by atoms with Crippen LogP contribution >= 0.6 is 0 Å². The molecule has 0 aromatic rings. The number of amides is 2. The summed E-state index contributed by atoms with van der Waals surface area (Å²) in [5.74, 6) is -2.30. The van der Waals surface area contributed by atoms with E-state index < -0.39 is 35.6 Å². The maximum atomic E-state index is 13.9. The van der Waals surface area contributed by atoms with Crippen molar-refractivity contribution in [2.75, 3.05) is 32.8 Å². The van der Waals surface area contributed by atoms with Gasteiger partial charge in [-0.15, -0.1) is 0 Å². The van der Waals surface area contributed by atoms with E-state index in [2.05, 4.69) is 6.92 Å². The van der Waals surface area contributed by atoms with Gasteiger partial charge in [-0.2, -0.15) is 0 Å². The van der Waals surface area contributed by atoms with Crippen LogP contribution in [0.4, 0.5) is 0 Å². The molecule has 2 saturated heterocycles. The van der Waals surface area contributed by atoms with Crippen molar-refractivity contribution in [1.82, 2.24) is 9.80 Å². The van der Waals surface area contributed by atoms with Crippen molar-refractivity contribution >= 4 is 17.8 Å². The van der Waals surface area contributed by atoms with E-state index in [9.17, 15) is 14.4 Å². The molecule has 0 bridgehead atoms. The molecule has 4 heterocycles. The molecule has 0 aromatic heterocycles. The number of likely N-dealkylation sites (tertiary alicyclic amines) is 1. The Labute approximate surface area is 201 Å². The Morgan fingerprint density at radius 1 is 1.06 bits per heavy atom. The lowest BCUT2D eigenvalue weighted by atomic mass is 9.78. The molecule has 5 atom stereocenters. The van der Waals surface area contributed by atoms with Gasteiger partial charge in [0.15, 0.2) is 0 Å². The maximum absolute atomic E-state index is 13.9. The van der Waals surface area contributed by atoms with Gasteiger partial charge in [0.25, 0.3) is 0 Å². The van der Waals surface area contributed by atoms with Crippen LogP contribution in [0, 0.1) is 11.8 Å². The zero-order chi connectivity index (χ0) is 24.1. The Morgan fingerprint density at radius 3 is 2.71 bits per heavy atom. The molecular weight excluding hydrogens is 436 g/mol. The predicted molar refractivity (Wildman–Crippen MR) is 126 cm³/mol. The normalized spacial score (nSPS) is 34.4. The van der Waals surface area contributed by atoms with Gasteiger partial charge in [0.05, 0.1) is 18.6 Å². The number of fused-ring (bicyclic) bond motifs is 2. The molecule has 4 aliphatic rings. The number of nitrogens with zero attached hydrogens (tertiary/aromatic N) is 2. The number of cyclic esters (lactones) is 1. The lowest BCUT2D eigenvalue weighted by Gasteiger charge is -2.35. The number of hydrogen-bond donors (Lipinski definition) is 1. The zero-order valence-electron chi connectivity index (χ0n) is 20.2. The van der Waals surface area contributed by atoms with E-state index in [4.69, 9.17) is 14.6 Å². The second-order valence-electron chi connectivity index (χ2n) is 9.79. The minimum atomic E-state index is -1.18. The van der Waals surface area contributed by atoms with Gasteiger partial charge in [0.1, 0.15) is 17.6 Å². The van der Waals surface area contributed by atoms with E-state index in [-0.39, 0.29) is 18.4 Å². The minimum Gasteiger partial charge on any atom is -0.465 e. The average molecular weight is 475 g/mol. The van der Waals surface area contributed by atoms with Crippen molar-refractivity contribution in [3.8, 4) is 0 Å². The topological polar surface area (TPSA) is 96.4 Å². The van der Waals surface area contributed by atoms with Gasteiger partial charge in [0, 0.05) is 26.2 Å². The Kier molecular flexibility index (Phi) is 8.09. The van der Waals surface area contributed by atoms with Gasteiger partial charge in [-0.1, -0.05) is 37.6 Å². The Morgan fingerprint density at radius 2 is 1.91 bits per heavy atom. The van der Waals surface area contributed by atoms with Crippen LogP contribution < -0.4 is 0 Å². The number of carbonyl (C=O) groups excluding carboxylic acids is 3. The van der Waals surface area contributed by atoms with Gasteiger partial charge in [0.2, 0.25) is 11.8 Å². The summed E-state index contributed by atoms with van der Waals surface area (Å²) in [5, 5.41) is 9.15. The van der Waals surface area contributed by atoms with Crippen LogP contribution in [-0.4, -0.2) is 83.3 Å². The quantitative estimate of drug-likeness (QED) is 0.329. The van der Waals surface area contributed by atoms with E-state index in [0.29, 0.717) is 39.1 Å². The highest BCUT2D eigenvalue weighted by Gasteiger charge is 2.71. The number of hydrogen-bond acceptors (Lipinski definition) is 6. The maximum Gasteiger partial charge on any atom is 0.312 e. The summed E-state index contributed by atoms with van der Waals surface area (Å²) < 4.78 is 12.2. The van der Waals surface area contributed by atoms with Gasteiger partial charge in [-0.05, 0) is 44.9 Å². The molecule has 2 amide bonds. The van der Waals surface area contributed by atoms with Crippen molar-refractivity contribution < 1.29 is 29.0 Å². The molecule has 0 aromatic carbocycles. The number of rotatable bonds is 8. The molecule has 1 N–H and O–H groups in total. The number of allylic oxidation sites excluding steroid dienone is 1. The first-order chi connectivity index (χ1) is 16.5. The largest absolute Gasteiger partial charge is 0.465 e. The molecule has 8 heteroatoms. The van der Waals surface area contributed by atoms with Crippen LogP contribution in [0.15, 0.2) is 24.3 Å². The third kappa shape index (κ3) is 4.54. The standard InChI is InChI=1S/C26H38N2O6/c1-2-3-14-27-15-11-13-26-21(20-19(34-26)12-7-4-5-10-18-33-25(20)32)23(30)28(22(26)24(27)31)16-8-6-9-17-29/h7,11-13,19-22,29H,2-6,8-10,14-18H2,1H3/b12-7-/t19-,20+,21+,22?,26+/m1/s1. The molecule has 1 spiro atoms. The van der Waals surface area contributed by atoms with Crippen LogP contribution in [0.5, 0.6) is 0 Å². The number of aliphatic hydroxyl groups excluding tert-OH is 1. The summed E-state index contributed by atoms with van der Waals surface area (Å²) in [6.45, 7) is 4.00. The first-order valence-electron chi connectivity index (χ1n) is 12.9. The van der Waals surface area contributed by atoms with Crippen LogP contribution in [-0.2, 0) is 23.9 Å². The van der Waals surface area contributed by atoms with Crippen LogP contribution in [0.3, 0.4) is 0 Å². The first kappa shape index (κ1) is 24.9. The second kappa shape index (κ2) is 11.0. The monoisotopic (exact) mass is 474 g/mol. The minimum absolute atomic E-state index is 0.0987. The third-order valence-corrected chi connectivity index (χ3v) is 7.52. The summed E-state index contributed by atoms with van der Waals surface area (Å²) in [6.07, 6.45) is 13.6. The number of esters is 1. The molecular formula is C26H38N2O6. The van der Waals surface area contributed by atoms with Crippen molar-refractivity contribution in [3.63, 3.8) is 0 Å². The first-order valence-corrected chi connectivity index (χ1v) is 12.9. The molecule has 4 rings (SSSR count). The number of ether oxygens (including phenoxy) is 2. The van der Waals surface area contributed by atoms with Gasteiger partial charge >= 0.3 is 5.97 Å². The summed E-state index contributed by atoms with van der Waals surface area (Å²) >= 11 is 0. The van der Waals surface area contributed by atoms with Gasteiger partial charge in [-0.25, -0.2) is 0 Å². The number of aliphatic hydroxyl groups is 1. The zero-order valence-corrected chi connectivity index (χ0v) is 20.2. The Hall–Kier alpha value is -2.19. The highest BCUT2D eigenvalue weighted by atomic mass is 16.6. The second-order valence-corrected chi connectivity index (χ2v) is 9.79. The Bertz CT molecular complexity index is 826. The van der Waals surface area contributed by atoms with E-state index in [1.54, 1.807) is 4.90 Å². The summed E-state index contributed by atoms with van der Waals surface area (Å²) in [6, 6.07) is -0.798. The fraction of sp³-hybridized carbons (Fsp3) is 0.731. The summed E-state index contributed by atoms with van der Waals surface area (Å²) in [7, 11) is 0. The fourth-order valence-corrected chi connectivity index (χ4v) is 5.82. The van der Waals surface area contributed by atoms with Crippen molar-refractivity contribution in [2.24, 2.45) is 11.8 Å². The average Bonchev–Trinajstić information content (AvgIpc) is 3.21. The molecule has 0 saturated carbocycles. The molecule has 188 valence electrons. The molecule has 34 heavy (non-hydrogen) atoms. The highest BCUT2D eigenvalue weighted by molar-refractivity contribution is 5.99. The van der Waals surface area contributed by atoms with Crippen LogP contribution in [0.25, 0.3) is 0 Å². The molecule has 8 nitrogen and oxygen atoms in total. The predicted octanol–water partition coefficient (Wildman–Crippen LogP) is 2.21. The summed E-state index contributed by atoms with van der Waals surface area (Å²) in [4.78, 5) is 44.4. The van der Waals surface area contributed by atoms with Crippen molar-refractivity contribution in [3.05, 3.63) is 24.3 Å². The van der Waals surface area contributed by atoms with Gasteiger partial charge < -0.3 is 24.4 Å². The Balaban J connectivity index is 1.72. The van der Waals surface area contributed by atoms with E-state index in [1.807, 2.05) is 29.2 Å². The van der Waals surface area contributed by atoms with E-state index in [1.165, 1.54) is 0 Å². The third-order valence-electron chi connectivity index (χ3n) is 7.52. The lowest BCUT2D eigenvalue weighted by Crippen LogP contribution is -2.55. The lowest BCUT2D eigenvalue weighted by molar-refractivity contribution is -0.155. The molecule has 0 aliphatic carbocycles. The highest BCUT2D eigenvalue weighted by Crippen LogP contribution is 2.53. The molecule has 2 fully saturated rings. The van der Waals surface area contributed by atoms with Crippen molar-refractivity contribution in [1.29, 1.82) is 0 Å². The van der Waals surface area contributed by atoms with Crippen LogP contribution in [0.1, 0.15) is 58.3 Å². The smallest absolute Gasteiger partial charge is 0.312 e. The fourth-order valence-electron chi connectivity index (χ4n) is 5.82. The van der Waals surface area contributed by atoms with Crippen molar-refractivity contribution in [2.45, 2.75) is 76.0 Å². The summed E-state index contributed by atoms with van der Waals surface area (Å²) in [5.41, 5.74) is -1.18. The molecule has 0 radical (unpaired) electrons. The van der Waals surface area contributed by atoms with Crippen LogP contribution in [0.2, 0.25) is 0 Å². The molecule has 1 unspecified atom stereocenters. The molecule has 4 aliphatic heterocycles. The van der Waals surface area contributed by atoms with E-state index in [0.717, 1.165) is 38.5 Å².